The van der Waals surface area contributed by atoms with Gasteiger partial charge in [0.1, 0.15) is 0 Å². The van der Waals surface area contributed by atoms with Crippen LogP contribution in [-0.4, -0.2) is 5.91 Å². The predicted octanol–water partition coefficient (Wildman–Crippen LogP) is 2.70. The number of primary amides is 1. The van der Waals surface area contributed by atoms with Crippen LogP contribution in [0.15, 0.2) is 18.2 Å². The highest BCUT2D eigenvalue weighted by atomic mass is 35.5. The lowest BCUT2D eigenvalue weighted by atomic mass is 10.1. The second kappa shape index (κ2) is 6.44. The minimum atomic E-state index is -0.360. The Morgan fingerprint density at radius 2 is 2.00 bits per heavy atom. The summed E-state index contributed by atoms with van der Waals surface area (Å²) in [7, 11) is 0. The molecule has 0 radical (unpaired) electrons. The second-order valence-corrected chi connectivity index (χ2v) is 3.15. The summed E-state index contributed by atoms with van der Waals surface area (Å²) in [5.41, 5.74) is 6.90. The smallest absolute Gasteiger partial charge is 0.221 e. The Balaban J connectivity index is 0.000000791. The van der Waals surface area contributed by atoms with Crippen molar-refractivity contribution >= 4 is 17.5 Å². The molecular weight excluding hydrogens is 198 g/mol. The van der Waals surface area contributed by atoms with E-state index in [0.717, 1.165) is 11.1 Å². The van der Waals surface area contributed by atoms with Crippen LogP contribution in [0.4, 0.5) is 0 Å². The molecule has 0 aromatic heterocycles. The van der Waals surface area contributed by atoms with Gasteiger partial charge in [-0.15, -0.1) is 0 Å². The van der Waals surface area contributed by atoms with Crippen molar-refractivity contribution in [1.82, 2.24) is 0 Å². The van der Waals surface area contributed by atoms with Gasteiger partial charge >= 0.3 is 0 Å². The average Bonchev–Trinajstić information content (AvgIpc) is 2.13. The molecule has 78 valence electrons. The van der Waals surface area contributed by atoms with Crippen LogP contribution in [0.1, 0.15) is 25.0 Å². The van der Waals surface area contributed by atoms with Crippen LogP contribution in [0, 0.1) is 6.92 Å². The van der Waals surface area contributed by atoms with Crippen molar-refractivity contribution in [1.29, 1.82) is 0 Å². The Hall–Kier alpha value is -1.02. The first-order valence-electron chi connectivity index (χ1n) is 4.63. The van der Waals surface area contributed by atoms with Gasteiger partial charge in [0.05, 0.1) is 6.42 Å². The van der Waals surface area contributed by atoms with Gasteiger partial charge in [0.25, 0.3) is 0 Å². The number of hydrogen-bond acceptors (Lipinski definition) is 1. The molecule has 14 heavy (non-hydrogen) atoms. The van der Waals surface area contributed by atoms with Gasteiger partial charge in [-0.3, -0.25) is 4.79 Å². The van der Waals surface area contributed by atoms with Gasteiger partial charge in [-0.1, -0.05) is 37.6 Å². The normalized spacial score (nSPS) is 8.86. The molecule has 0 aliphatic heterocycles. The van der Waals surface area contributed by atoms with Crippen LogP contribution in [0.25, 0.3) is 0 Å². The van der Waals surface area contributed by atoms with E-state index in [0.29, 0.717) is 5.02 Å². The fraction of sp³-hybridized carbons (Fsp3) is 0.364. The summed E-state index contributed by atoms with van der Waals surface area (Å²) in [5.74, 6) is -0.360. The van der Waals surface area contributed by atoms with Crippen molar-refractivity contribution in [2.45, 2.75) is 27.2 Å². The zero-order valence-corrected chi connectivity index (χ0v) is 9.56. The Kier molecular flexibility index (Phi) is 5.97. The van der Waals surface area contributed by atoms with Crippen LogP contribution >= 0.6 is 11.6 Å². The topological polar surface area (TPSA) is 43.1 Å². The number of nitrogens with two attached hydrogens (primary N) is 1. The molecule has 0 bridgehead atoms. The molecule has 3 heteroatoms. The number of carbonyl (C=O) groups is 1. The Bertz CT molecular complexity index is 310. The number of amides is 1. The molecule has 0 aliphatic rings. The number of rotatable bonds is 2. The molecule has 1 aromatic carbocycles. The maximum Gasteiger partial charge on any atom is 0.221 e. The molecule has 0 saturated heterocycles. The molecule has 0 aliphatic carbocycles. The summed E-state index contributed by atoms with van der Waals surface area (Å²) in [6.45, 7) is 5.94. The van der Waals surface area contributed by atoms with Crippen molar-refractivity contribution in [2.75, 3.05) is 0 Å². The second-order valence-electron chi connectivity index (χ2n) is 2.74. The molecule has 1 amide bonds. The van der Waals surface area contributed by atoms with Crippen molar-refractivity contribution in [3.8, 4) is 0 Å². The molecule has 0 spiro atoms. The Morgan fingerprint density at radius 3 is 2.43 bits per heavy atom. The lowest BCUT2D eigenvalue weighted by molar-refractivity contribution is -0.117. The van der Waals surface area contributed by atoms with Gasteiger partial charge in [-0.25, -0.2) is 0 Å². The van der Waals surface area contributed by atoms with Crippen molar-refractivity contribution in [2.24, 2.45) is 5.73 Å². The van der Waals surface area contributed by atoms with Gasteiger partial charge in [-0.05, 0) is 24.1 Å². The highest BCUT2D eigenvalue weighted by Gasteiger charge is 2.02. The van der Waals surface area contributed by atoms with E-state index in [9.17, 15) is 4.79 Å². The third kappa shape index (κ3) is 4.28. The quantitative estimate of drug-likeness (QED) is 0.807. The molecule has 0 saturated carbocycles. The molecule has 2 N–H and O–H groups in total. The summed E-state index contributed by atoms with van der Waals surface area (Å²) >= 11 is 5.87. The van der Waals surface area contributed by atoms with Crippen LogP contribution in [0.2, 0.25) is 5.02 Å². The minimum Gasteiger partial charge on any atom is -0.369 e. The SMILES string of the molecule is CC.Cc1ccc(CC(N)=O)c(Cl)c1. The molecule has 0 unspecified atom stereocenters. The van der Waals surface area contributed by atoms with E-state index in [4.69, 9.17) is 17.3 Å². The number of halogens is 1. The number of hydrogen-bond donors (Lipinski definition) is 1. The fourth-order valence-corrected chi connectivity index (χ4v) is 1.29. The van der Waals surface area contributed by atoms with E-state index in [1.165, 1.54) is 0 Å². The van der Waals surface area contributed by atoms with E-state index >= 15 is 0 Å². The van der Waals surface area contributed by atoms with E-state index in [2.05, 4.69) is 0 Å². The number of carbonyl (C=O) groups excluding carboxylic acids is 1. The van der Waals surface area contributed by atoms with Crippen molar-refractivity contribution < 1.29 is 4.79 Å². The third-order valence-corrected chi connectivity index (χ3v) is 1.93. The highest BCUT2D eigenvalue weighted by Crippen LogP contribution is 2.17. The summed E-state index contributed by atoms with van der Waals surface area (Å²) < 4.78 is 0. The molecule has 0 fully saturated rings. The summed E-state index contributed by atoms with van der Waals surface area (Å²) in [6.07, 6.45) is 0.207. The van der Waals surface area contributed by atoms with Crippen molar-refractivity contribution in [3.05, 3.63) is 34.3 Å². The van der Waals surface area contributed by atoms with Crippen LogP contribution in [0.3, 0.4) is 0 Å². The van der Waals surface area contributed by atoms with Gasteiger partial charge in [-0.2, -0.15) is 0 Å². The maximum atomic E-state index is 10.6. The first-order valence-corrected chi connectivity index (χ1v) is 5.00. The number of benzene rings is 1. The van der Waals surface area contributed by atoms with Gasteiger partial charge in [0.2, 0.25) is 5.91 Å². The average molecular weight is 214 g/mol. The zero-order valence-electron chi connectivity index (χ0n) is 8.80. The standard InChI is InChI=1S/C9H10ClNO.C2H6/c1-6-2-3-7(5-9(11)12)8(10)4-6;1-2/h2-4H,5H2,1H3,(H2,11,12);1-2H3. The summed E-state index contributed by atoms with van der Waals surface area (Å²) in [4.78, 5) is 10.6. The molecular formula is C11H16ClNO. The van der Waals surface area contributed by atoms with E-state index < -0.39 is 0 Å². The minimum absolute atomic E-state index is 0.207. The highest BCUT2D eigenvalue weighted by molar-refractivity contribution is 6.31. The largest absolute Gasteiger partial charge is 0.369 e. The summed E-state index contributed by atoms with van der Waals surface area (Å²) in [6, 6.07) is 5.55. The fourth-order valence-electron chi connectivity index (χ4n) is 0.983. The first-order chi connectivity index (χ1) is 6.59. The van der Waals surface area contributed by atoms with E-state index in [-0.39, 0.29) is 12.3 Å². The lowest BCUT2D eigenvalue weighted by Gasteiger charge is -2.01. The van der Waals surface area contributed by atoms with E-state index in [1.54, 1.807) is 0 Å². The van der Waals surface area contributed by atoms with Crippen LogP contribution in [-0.2, 0) is 11.2 Å². The van der Waals surface area contributed by atoms with Gasteiger partial charge in [0.15, 0.2) is 0 Å². The van der Waals surface area contributed by atoms with Gasteiger partial charge < -0.3 is 5.73 Å². The van der Waals surface area contributed by atoms with Crippen LogP contribution in [0.5, 0.6) is 0 Å². The lowest BCUT2D eigenvalue weighted by Crippen LogP contribution is -2.13. The van der Waals surface area contributed by atoms with E-state index in [1.807, 2.05) is 39.0 Å². The molecule has 1 aromatic rings. The summed E-state index contributed by atoms with van der Waals surface area (Å²) in [5, 5.41) is 0.605. The first kappa shape index (κ1) is 13.0. The Labute approximate surface area is 90.1 Å². The molecule has 0 heterocycles. The van der Waals surface area contributed by atoms with Gasteiger partial charge in [0, 0.05) is 5.02 Å². The molecule has 1 rings (SSSR count). The third-order valence-electron chi connectivity index (χ3n) is 1.57. The molecule has 2 nitrogen and oxygen atoms in total. The van der Waals surface area contributed by atoms with Crippen molar-refractivity contribution in [3.63, 3.8) is 0 Å². The number of aryl methyl sites for hydroxylation is 1. The maximum absolute atomic E-state index is 10.6. The Morgan fingerprint density at radius 1 is 1.43 bits per heavy atom. The predicted molar refractivity (Wildman–Crippen MR) is 60.4 cm³/mol. The monoisotopic (exact) mass is 213 g/mol. The molecule has 0 atom stereocenters. The van der Waals surface area contributed by atoms with Crippen LogP contribution < -0.4 is 5.73 Å². The zero-order chi connectivity index (χ0) is 11.1.